The molecule has 1 amide bonds. The van der Waals surface area contributed by atoms with Gasteiger partial charge in [0, 0.05) is 10.9 Å². The second kappa shape index (κ2) is 6.31. The van der Waals surface area contributed by atoms with E-state index in [0.717, 1.165) is 17.7 Å². The van der Waals surface area contributed by atoms with E-state index in [2.05, 4.69) is 0 Å². The highest BCUT2D eigenvalue weighted by atomic mass is 32.2. The summed E-state index contributed by atoms with van der Waals surface area (Å²) in [6.45, 7) is 3.60. The molecule has 1 aliphatic rings. The Hall–Kier alpha value is -1.49. The second-order valence-corrected chi connectivity index (χ2v) is 6.20. The lowest BCUT2D eigenvalue weighted by atomic mass is 10.2. The van der Waals surface area contributed by atoms with Gasteiger partial charge in [-0.15, -0.1) is 11.8 Å². The average molecular weight is 293 g/mol. The van der Waals surface area contributed by atoms with Gasteiger partial charge >= 0.3 is 5.97 Å². The first-order valence-electron chi connectivity index (χ1n) is 6.72. The Labute approximate surface area is 123 Å². The first-order chi connectivity index (χ1) is 9.49. The number of thioether (sulfide) groups is 1. The molecule has 0 aromatic heterocycles. The summed E-state index contributed by atoms with van der Waals surface area (Å²) in [6, 6.07) is 7.35. The van der Waals surface area contributed by atoms with Gasteiger partial charge in [0.1, 0.15) is 6.04 Å². The van der Waals surface area contributed by atoms with Crippen LogP contribution < -0.4 is 0 Å². The second-order valence-electron chi connectivity index (χ2n) is 5.15. The van der Waals surface area contributed by atoms with E-state index in [1.54, 1.807) is 6.92 Å². The Morgan fingerprint density at radius 3 is 2.45 bits per heavy atom. The predicted octanol–water partition coefficient (Wildman–Crippen LogP) is 2.55. The molecule has 108 valence electrons. The number of rotatable bonds is 6. The highest BCUT2D eigenvalue weighted by Gasteiger charge is 2.38. The molecule has 0 spiro atoms. The van der Waals surface area contributed by atoms with Crippen molar-refractivity contribution in [3.05, 3.63) is 29.8 Å². The van der Waals surface area contributed by atoms with Crippen LogP contribution in [0.5, 0.6) is 0 Å². The maximum atomic E-state index is 12.3. The molecule has 4 nitrogen and oxygen atoms in total. The largest absolute Gasteiger partial charge is 0.480 e. The van der Waals surface area contributed by atoms with Crippen molar-refractivity contribution < 1.29 is 14.7 Å². The summed E-state index contributed by atoms with van der Waals surface area (Å²) in [5.41, 5.74) is 1.18. The maximum Gasteiger partial charge on any atom is 0.326 e. The highest BCUT2D eigenvalue weighted by molar-refractivity contribution is 8.00. The fourth-order valence-corrected chi connectivity index (χ4v) is 2.83. The SMILES string of the molecule is Cc1ccc(SCC(=O)N(C2CC2)C(C)C(=O)O)cc1. The molecule has 0 radical (unpaired) electrons. The number of carboxylic acid groups (broad SMARTS) is 1. The van der Waals surface area contributed by atoms with Crippen molar-refractivity contribution in [3.63, 3.8) is 0 Å². The van der Waals surface area contributed by atoms with Gasteiger partial charge in [0.25, 0.3) is 0 Å². The summed E-state index contributed by atoms with van der Waals surface area (Å²) >= 11 is 1.46. The summed E-state index contributed by atoms with van der Waals surface area (Å²) in [5.74, 6) is -0.740. The minimum absolute atomic E-state index is 0.0898. The van der Waals surface area contributed by atoms with Crippen molar-refractivity contribution in [3.8, 4) is 0 Å². The highest BCUT2D eigenvalue weighted by Crippen LogP contribution is 2.30. The monoisotopic (exact) mass is 293 g/mol. The molecule has 2 rings (SSSR count). The van der Waals surface area contributed by atoms with Crippen molar-refractivity contribution in [2.45, 2.75) is 43.7 Å². The van der Waals surface area contributed by atoms with Gasteiger partial charge in [-0.25, -0.2) is 4.79 Å². The molecule has 1 aromatic rings. The van der Waals surface area contributed by atoms with E-state index in [1.165, 1.54) is 22.2 Å². The van der Waals surface area contributed by atoms with Crippen LogP contribution in [-0.4, -0.2) is 39.7 Å². The fraction of sp³-hybridized carbons (Fsp3) is 0.467. The van der Waals surface area contributed by atoms with Crippen LogP contribution in [0.3, 0.4) is 0 Å². The number of hydrogen-bond donors (Lipinski definition) is 1. The van der Waals surface area contributed by atoms with Crippen molar-refractivity contribution in [2.24, 2.45) is 0 Å². The lowest BCUT2D eigenvalue weighted by Crippen LogP contribution is -2.45. The smallest absolute Gasteiger partial charge is 0.326 e. The topological polar surface area (TPSA) is 57.6 Å². The molecule has 1 fully saturated rings. The molecule has 1 unspecified atom stereocenters. The Morgan fingerprint density at radius 2 is 1.95 bits per heavy atom. The van der Waals surface area contributed by atoms with Crippen LogP contribution in [0.2, 0.25) is 0 Å². The molecule has 0 heterocycles. The van der Waals surface area contributed by atoms with Gasteiger partial charge in [-0.2, -0.15) is 0 Å². The van der Waals surface area contributed by atoms with E-state index in [9.17, 15) is 9.59 Å². The number of nitrogens with zero attached hydrogens (tertiary/aromatic N) is 1. The average Bonchev–Trinajstić information content (AvgIpc) is 3.22. The lowest BCUT2D eigenvalue weighted by molar-refractivity contribution is -0.148. The summed E-state index contributed by atoms with van der Waals surface area (Å²) in [4.78, 5) is 25.9. The van der Waals surface area contributed by atoms with E-state index < -0.39 is 12.0 Å². The summed E-state index contributed by atoms with van der Waals surface area (Å²) < 4.78 is 0. The number of aryl methyl sites for hydroxylation is 1. The van der Waals surface area contributed by atoms with Crippen LogP contribution in [0.15, 0.2) is 29.2 Å². The van der Waals surface area contributed by atoms with Crippen LogP contribution in [0.1, 0.15) is 25.3 Å². The summed E-state index contributed by atoms with van der Waals surface area (Å²) in [5, 5.41) is 9.09. The third-order valence-corrected chi connectivity index (χ3v) is 4.38. The Kier molecular flexibility index (Phi) is 4.70. The van der Waals surface area contributed by atoms with Gasteiger partial charge in [0.15, 0.2) is 0 Å². The van der Waals surface area contributed by atoms with E-state index in [4.69, 9.17) is 5.11 Å². The Morgan fingerprint density at radius 1 is 1.35 bits per heavy atom. The van der Waals surface area contributed by atoms with Gasteiger partial charge in [-0.1, -0.05) is 17.7 Å². The molecule has 0 bridgehead atoms. The quantitative estimate of drug-likeness (QED) is 0.819. The van der Waals surface area contributed by atoms with Crippen LogP contribution in [-0.2, 0) is 9.59 Å². The van der Waals surface area contributed by atoms with Gasteiger partial charge in [0.05, 0.1) is 5.75 Å². The molecule has 0 saturated heterocycles. The van der Waals surface area contributed by atoms with Crippen LogP contribution in [0, 0.1) is 6.92 Å². The summed E-state index contributed by atoms with van der Waals surface area (Å²) in [7, 11) is 0. The number of amides is 1. The first kappa shape index (κ1) is 14.9. The molecule has 1 N–H and O–H groups in total. The maximum absolute atomic E-state index is 12.3. The third-order valence-electron chi connectivity index (χ3n) is 3.39. The standard InChI is InChI=1S/C15H19NO3S/c1-10-3-7-13(8-4-10)20-9-14(17)16(12-5-6-12)11(2)15(18)19/h3-4,7-8,11-12H,5-6,9H2,1-2H3,(H,18,19). The fourth-order valence-electron chi connectivity index (χ4n) is 2.06. The van der Waals surface area contributed by atoms with Crippen LogP contribution in [0.4, 0.5) is 0 Å². The van der Waals surface area contributed by atoms with Gasteiger partial charge < -0.3 is 10.0 Å². The molecule has 1 aliphatic carbocycles. The molecule has 5 heteroatoms. The van der Waals surface area contributed by atoms with Crippen molar-refractivity contribution >= 4 is 23.6 Å². The van der Waals surface area contributed by atoms with Crippen molar-refractivity contribution in [2.75, 3.05) is 5.75 Å². The molecule has 1 saturated carbocycles. The van der Waals surface area contributed by atoms with Crippen LogP contribution >= 0.6 is 11.8 Å². The number of aliphatic carboxylic acids is 1. The third kappa shape index (κ3) is 3.76. The number of hydrogen-bond acceptors (Lipinski definition) is 3. The van der Waals surface area contributed by atoms with Crippen LogP contribution in [0.25, 0.3) is 0 Å². The molecular weight excluding hydrogens is 274 g/mol. The van der Waals surface area contributed by atoms with E-state index in [1.807, 2.05) is 31.2 Å². The number of benzene rings is 1. The molecule has 20 heavy (non-hydrogen) atoms. The molecule has 1 atom stereocenters. The number of carbonyl (C=O) groups excluding carboxylic acids is 1. The number of carboxylic acids is 1. The van der Waals surface area contributed by atoms with E-state index >= 15 is 0 Å². The first-order valence-corrected chi connectivity index (χ1v) is 7.71. The minimum atomic E-state index is -0.939. The lowest BCUT2D eigenvalue weighted by Gasteiger charge is -2.26. The van der Waals surface area contributed by atoms with Crippen molar-refractivity contribution in [1.29, 1.82) is 0 Å². The summed E-state index contributed by atoms with van der Waals surface area (Å²) in [6.07, 6.45) is 1.83. The van der Waals surface area contributed by atoms with E-state index in [-0.39, 0.29) is 17.7 Å². The van der Waals surface area contributed by atoms with Gasteiger partial charge in [-0.05, 0) is 38.8 Å². The minimum Gasteiger partial charge on any atom is -0.480 e. The molecular formula is C15H19NO3S. The van der Waals surface area contributed by atoms with Gasteiger partial charge in [-0.3, -0.25) is 4.79 Å². The van der Waals surface area contributed by atoms with Crippen molar-refractivity contribution in [1.82, 2.24) is 4.90 Å². The van der Waals surface area contributed by atoms with Gasteiger partial charge in [0.2, 0.25) is 5.91 Å². The zero-order chi connectivity index (χ0) is 14.7. The Balaban J connectivity index is 1.95. The Bertz CT molecular complexity index is 496. The zero-order valence-corrected chi connectivity index (χ0v) is 12.5. The normalized spacial score (nSPS) is 15.7. The molecule has 1 aromatic carbocycles. The number of carbonyl (C=O) groups is 2. The predicted molar refractivity (Wildman–Crippen MR) is 78.9 cm³/mol. The zero-order valence-electron chi connectivity index (χ0n) is 11.7. The molecule has 0 aliphatic heterocycles. The van der Waals surface area contributed by atoms with E-state index in [0.29, 0.717) is 0 Å².